The maximum atomic E-state index is 12.4. The van der Waals surface area contributed by atoms with E-state index in [1.54, 1.807) is 4.68 Å². The van der Waals surface area contributed by atoms with Crippen LogP contribution in [0.4, 0.5) is 5.69 Å². The van der Waals surface area contributed by atoms with Crippen molar-refractivity contribution in [2.45, 2.75) is 6.92 Å². The Kier molecular flexibility index (Phi) is 4.85. The summed E-state index contributed by atoms with van der Waals surface area (Å²) in [5.41, 5.74) is 2.60. The maximum Gasteiger partial charge on any atom is 0.295 e. The quantitative estimate of drug-likeness (QED) is 0.753. The van der Waals surface area contributed by atoms with Crippen LogP contribution >= 0.6 is 0 Å². The first-order chi connectivity index (χ1) is 8.04. The van der Waals surface area contributed by atoms with Crippen LogP contribution in [0.5, 0.6) is 0 Å². The maximum absolute atomic E-state index is 12.4. The molecule has 1 radical (unpaired) electrons. The Morgan fingerprint density at radius 3 is 2.11 bits per heavy atom. The Morgan fingerprint density at radius 2 is 1.67 bits per heavy atom. The molecule has 4 nitrogen and oxygen atoms in total. The van der Waals surface area contributed by atoms with E-state index in [-0.39, 0.29) is 35.1 Å². The summed E-state index contributed by atoms with van der Waals surface area (Å²) < 4.78 is 3.57. The zero-order valence-corrected chi connectivity index (χ0v) is 13.6. The molecule has 0 saturated carbocycles. The molecule has 0 aliphatic heterocycles. The number of benzene rings is 1. The summed E-state index contributed by atoms with van der Waals surface area (Å²) in [6.07, 6.45) is 0. The molecule has 0 fully saturated rings. The van der Waals surface area contributed by atoms with Gasteiger partial charge in [0.1, 0.15) is 5.69 Å². The van der Waals surface area contributed by atoms with Crippen LogP contribution in [0.1, 0.15) is 5.69 Å². The van der Waals surface area contributed by atoms with Crippen LogP contribution in [0.2, 0.25) is 0 Å². The summed E-state index contributed by atoms with van der Waals surface area (Å²) in [6, 6.07) is 9.66. The fourth-order valence-electron chi connectivity index (χ4n) is 2.07. The smallest absolute Gasteiger partial charge is 0.295 e. The summed E-state index contributed by atoms with van der Waals surface area (Å²) in [5.74, 6) is 0. The fourth-order valence-corrected chi connectivity index (χ4v) is 2.07. The van der Waals surface area contributed by atoms with Gasteiger partial charge in [0.25, 0.3) is 5.56 Å². The topological polar surface area (TPSA) is 30.2 Å². The molecule has 0 aliphatic carbocycles. The van der Waals surface area contributed by atoms with E-state index < -0.39 is 0 Å². The number of hydrogen-bond donors (Lipinski definition) is 0. The summed E-state index contributed by atoms with van der Waals surface area (Å²) in [7, 11) is 5.68. The second-order valence-corrected chi connectivity index (χ2v) is 4.30. The van der Waals surface area contributed by atoms with Gasteiger partial charge in [-0.3, -0.25) is 9.48 Å². The monoisotopic (exact) mass is 254 g/mol. The van der Waals surface area contributed by atoms with E-state index in [9.17, 15) is 4.79 Å². The Morgan fingerprint density at radius 1 is 1.11 bits per heavy atom. The van der Waals surface area contributed by atoms with Crippen molar-refractivity contribution in [3.8, 4) is 5.69 Å². The van der Waals surface area contributed by atoms with Crippen LogP contribution in [0.25, 0.3) is 5.69 Å². The zero-order valence-electron chi connectivity index (χ0n) is 11.6. The number of anilines is 1. The summed E-state index contributed by atoms with van der Waals surface area (Å²) in [5, 5.41) is 0. The number of aromatic nitrogens is 2. The van der Waals surface area contributed by atoms with Crippen molar-refractivity contribution in [3.63, 3.8) is 0 Å². The minimum absolute atomic E-state index is 0. The summed E-state index contributed by atoms with van der Waals surface area (Å²) in [6.45, 7) is 1.95. The van der Waals surface area contributed by atoms with Crippen LogP contribution in [-0.2, 0) is 7.05 Å². The molecule has 0 aliphatic rings. The minimum Gasteiger partial charge on any atom is -0.372 e. The molecule has 1 aromatic carbocycles. The number of para-hydroxylation sites is 1. The van der Waals surface area contributed by atoms with Gasteiger partial charge < -0.3 is 4.90 Å². The number of nitrogens with zero attached hydrogens (tertiary/aromatic N) is 3. The SMILES string of the molecule is Cc1c(N(C)C)c(=O)n(-c2ccccc2)n1C.[Na]. The van der Waals surface area contributed by atoms with Gasteiger partial charge in [0.2, 0.25) is 0 Å². The average molecular weight is 254 g/mol. The van der Waals surface area contributed by atoms with Crippen molar-refractivity contribution < 1.29 is 0 Å². The molecule has 91 valence electrons. The van der Waals surface area contributed by atoms with Gasteiger partial charge in [0.15, 0.2) is 0 Å². The largest absolute Gasteiger partial charge is 0.372 e. The molecule has 0 bridgehead atoms. The van der Waals surface area contributed by atoms with E-state index in [2.05, 4.69) is 0 Å². The normalized spacial score (nSPS) is 10.0. The van der Waals surface area contributed by atoms with E-state index >= 15 is 0 Å². The van der Waals surface area contributed by atoms with Crippen molar-refractivity contribution in [1.82, 2.24) is 9.36 Å². The molecule has 0 atom stereocenters. The van der Waals surface area contributed by atoms with Crippen LogP contribution < -0.4 is 10.5 Å². The van der Waals surface area contributed by atoms with E-state index in [4.69, 9.17) is 0 Å². The Balaban J connectivity index is 0.00000162. The van der Waals surface area contributed by atoms with Crippen LogP contribution in [0, 0.1) is 6.92 Å². The number of hydrogen-bond acceptors (Lipinski definition) is 2. The third-order valence-corrected chi connectivity index (χ3v) is 2.97. The van der Waals surface area contributed by atoms with Crippen LogP contribution in [0.15, 0.2) is 35.1 Å². The van der Waals surface area contributed by atoms with Crippen LogP contribution in [0.3, 0.4) is 0 Å². The predicted molar refractivity (Wildman–Crippen MR) is 75.8 cm³/mol. The van der Waals surface area contributed by atoms with Crippen molar-refractivity contribution in [3.05, 3.63) is 46.4 Å². The average Bonchev–Trinajstić information content (AvgIpc) is 2.51. The van der Waals surface area contributed by atoms with E-state index in [0.717, 1.165) is 17.1 Å². The van der Waals surface area contributed by atoms with Crippen molar-refractivity contribution in [2.24, 2.45) is 7.05 Å². The molecule has 5 heteroatoms. The molecule has 1 aromatic heterocycles. The van der Waals surface area contributed by atoms with E-state index in [1.807, 2.05) is 68.0 Å². The third-order valence-electron chi connectivity index (χ3n) is 2.97. The van der Waals surface area contributed by atoms with Gasteiger partial charge in [0.05, 0.1) is 11.4 Å². The van der Waals surface area contributed by atoms with Gasteiger partial charge in [-0.25, -0.2) is 4.68 Å². The molecular formula is C13H17N3NaO. The second-order valence-electron chi connectivity index (χ2n) is 4.30. The first kappa shape index (κ1) is 15.1. The van der Waals surface area contributed by atoms with Gasteiger partial charge in [-0.05, 0) is 19.1 Å². The molecule has 0 unspecified atom stereocenters. The van der Waals surface area contributed by atoms with Gasteiger partial charge in [-0.1, -0.05) is 18.2 Å². The molecule has 2 aromatic rings. The zero-order chi connectivity index (χ0) is 12.6. The first-order valence-corrected chi connectivity index (χ1v) is 5.55. The third kappa shape index (κ3) is 2.41. The first-order valence-electron chi connectivity index (χ1n) is 5.55. The van der Waals surface area contributed by atoms with Gasteiger partial charge >= 0.3 is 0 Å². The van der Waals surface area contributed by atoms with Crippen LogP contribution in [-0.4, -0.2) is 53.0 Å². The number of rotatable bonds is 2. The Labute approximate surface area is 129 Å². The summed E-state index contributed by atoms with van der Waals surface area (Å²) in [4.78, 5) is 14.2. The fraction of sp³-hybridized carbons (Fsp3) is 0.308. The Hall–Kier alpha value is -0.970. The summed E-state index contributed by atoms with van der Waals surface area (Å²) >= 11 is 0. The van der Waals surface area contributed by atoms with Gasteiger partial charge in [-0.2, -0.15) is 0 Å². The predicted octanol–water partition coefficient (Wildman–Crippen LogP) is 1.17. The molecule has 0 amide bonds. The molecule has 2 rings (SSSR count). The van der Waals surface area contributed by atoms with Crippen molar-refractivity contribution >= 4 is 35.2 Å². The van der Waals surface area contributed by atoms with E-state index in [1.165, 1.54) is 0 Å². The second kappa shape index (κ2) is 5.78. The molecule has 0 saturated heterocycles. The Bertz CT molecular complexity index is 584. The molecule has 0 spiro atoms. The molecule has 18 heavy (non-hydrogen) atoms. The van der Waals surface area contributed by atoms with Crippen molar-refractivity contribution in [2.75, 3.05) is 19.0 Å². The standard InChI is InChI=1S/C13H17N3O.Na/c1-10-12(14(2)3)13(17)16(15(10)4)11-8-6-5-7-9-11;/h5-9H,1-4H3;. The van der Waals surface area contributed by atoms with Gasteiger partial charge in [0, 0.05) is 50.7 Å². The molecule has 0 N–H and O–H groups in total. The van der Waals surface area contributed by atoms with E-state index in [0.29, 0.717) is 0 Å². The van der Waals surface area contributed by atoms with Gasteiger partial charge in [-0.15, -0.1) is 0 Å². The minimum atomic E-state index is 0. The molecular weight excluding hydrogens is 237 g/mol. The van der Waals surface area contributed by atoms with Crippen molar-refractivity contribution in [1.29, 1.82) is 0 Å². The molecule has 1 heterocycles.